The van der Waals surface area contributed by atoms with Crippen molar-refractivity contribution in [2.75, 3.05) is 13.2 Å². The van der Waals surface area contributed by atoms with Gasteiger partial charge in [-0.15, -0.1) is 0 Å². The summed E-state index contributed by atoms with van der Waals surface area (Å²) in [4.78, 5) is 0. The van der Waals surface area contributed by atoms with Gasteiger partial charge in [0.25, 0.3) is 0 Å². The van der Waals surface area contributed by atoms with E-state index < -0.39 is 0 Å². The van der Waals surface area contributed by atoms with E-state index in [9.17, 15) is 0 Å². The summed E-state index contributed by atoms with van der Waals surface area (Å²) < 4.78 is 1.08. The molecule has 0 spiro atoms. The lowest BCUT2D eigenvalue weighted by Crippen LogP contribution is -2.16. The fourth-order valence-electron chi connectivity index (χ4n) is 1.57. The minimum atomic E-state index is 0.278. The van der Waals surface area contributed by atoms with Crippen LogP contribution in [-0.4, -0.2) is 18.3 Å². The van der Waals surface area contributed by atoms with E-state index in [4.69, 9.17) is 16.7 Å². The van der Waals surface area contributed by atoms with E-state index in [1.165, 1.54) is 5.56 Å². The maximum Gasteiger partial charge on any atom is 0.0456 e. The van der Waals surface area contributed by atoms with Gasteiger partial charge < -0.3 is 10.4 Å². The third kappa shape index (κ3) is 5.87. The van der Waals surface area contributed by atoms with Gasteiger partial charge in [0.15, 0.2) is 0 Å². The minimum Gasteiger partial charge on any atom is -0.396 e. The van der Waals surface area contributed by atoms with E-state index in [0.717, 1.165) is 35.4 Å². The quantitative estimate of drug-likeness (QED) is 0.752. The summed E-state index contributed by atoms with van der Waals surface area (Å²) in [7, 11) is 0. The first-order chi connectivity index (χ1) is 8.13. The first-order valence-corrected chi connectivity index (χ1v) is 7.06. The molecule has 1 aromatic carbocycles. The topological polar surface area (TPSA) is 32.3 Å². The molecule has 17 heavy (non-hydrogen) atoms. The molecule has 1 unspecified atom stereocenters. The van der Waals surface area contributed by atoms with Gasteiger partial charge in [0.2, 0.25) is 0 Å². The molecule has 0 heterocycles. The Kier molecular flexibility index (Phi) is 7.12. The maximum absolute atomic E-state index is 8.89. The van der Waals surface area contributed by atoms with Crippen LogP contribution in [0.15, 0.2) is 22.7 Å². The molecule has 0 saturated carbocycles. The number of hydrogen-bond acceptors (Lipinski definition) is 2. The van der Waals surface area contributed by atoms with Gasteiger partial charge in [0, 0.05) is 22.6 Å². The number of rotatable bonds is 7. The zero-order valence-corrected chi connectivity index (χ0v) is 12.4. The molecule has 4 heteroatoms. The average molecular weight is 321 g/mol. The van der Waals surface area contributed by atoms with Crippen LogP contribution in [0.25, 0.3) is 0 Å². The van der Waals surface area contributed by atoms with E-state index in [-0.39, 0.29) is 6.61 Å². The van der Waals surface area contributed by atoms with Crippen LogP contribution < -0.4 is 5.32 Å². The molecule has 2 N–H and O–H groups in total. The standard InChI is InChI=1S/C13H19BrClNO/c1-10(9-17)3-2-6-16-8-11-7-12(15)4-5-13(11)14/h4-5,7,10,16-17H,2-3,6,8-9H2,1H3. The molecule has 0 radical (unpaired) electrons. The van der Waals surface area contributed by atoms with Crippen LogP contribution in [0.5, 0.6) is 0 Å². The third-order valence-electron chi connectivity index (χ3n) is 2.69. The lowest BCUT2D eigenvalue weighted by Gasteiger charge is -2.09. The Balaban J connectivity index is 2.24. The molecule has 0 bridgehead atoms. The molecule has 0 aliphatic rings. The van der Waals surface area contributed by atoms with Crippen molar-refractivity contribution in [3.63, 3.8) is 0 Å². The highest BCUT2D eigenvalue weighted by molar-refractivity contribution is 9.10. The number of aliphatic hydroxyl groups excluding tert-OH is 1. The molecule has 1 atom stereocenters. The number of nitrogens with one attached hydrogen (secondary N) is 1. The number of halogens is 2. The van der Waals surface area contributed by atoms with Crippen LogP contribution in [0, 0.1) is 5.92 Å². The second kappa shape index (κ2) is 8.09. The van der Waals surface area contributed by atoms with E-state index in [0.29, 0.717) is 5.92 Å². The van der Waals surface area contributed by atoms with Crippen molar-refractivity contribution in [2.45, 2.75) is 26.3 Å². The monoisotopic (exact) mass is 319 g/mol. The van der Waals surface area contributed by atoms with Gasteiger partial charge >= 0.3 is 0 Å². The normalized spacial score (nSPS) is 12.7. The molecular formula is C13H19BrClNO. The highest BCUT2D eigenvalue weighted by Crippen LogP contribution is 2.20. The van der Waals surface area contributed by atoms with Crippen LogP contribution in [-0.2, 0) is 6.54 Å². The Morgan fingerprint density at radius 3 is 2.94 bits per heavy atom. The highest BCUT2D eigenvalue weighted by atomic mass is 79.9. The summed E-state index contributed by atoms with van der Waals surface area (Å²) in [6.45, 7) is 4.12. The Labute approximate surface area is 117 Å². The van der Waals surface area contributed by atoms with Gasteiger partial charge in [-0.3, -0.25) is 0 Å². The predicted molar refractivity (Wildman–Crippen MR) is 76.3 cm³/mol. The van der Waals surface area contributed by atoms with Gasteiger partial charge in [-0.05, 0) is 49.1 Å². The number of aliphatic hydroxyl groups is 1. The first kappa shape index (κ1) is 15.0. The van der Waals surface area contributed by atoms with Crippen molar-refractivity contribution in [1.29, 1.82) is 0 Å². The second-order valence-electron chi connectivity index (χ2n) is 4.34. The van der Waals surface area contributed by atoms with Gasteiger partial charge in [0.1, 0.15) is 0 Å². The third-order valence-corrected chi connectivity index (χ3v) is 3.69. The minimum absolute atomic E-state index is 0.278. The van der Waals surface area contributed by atoms with Gasteiger partial charge in [-0.1, -0.05) is 34.5 Å². The first-order valence-electron chi connectivity index (χ1n) is 5.89. The largest absolute Gasteiger partial charge is 0.396 e. The zero-order valence-electron chi connectivity index (χ0n) is 10.0. The fourth-order valence-corrected chi connectivity index (χ4v) is 2.15. The Bertz CT molecular complexity index is 346. The molecule has 0 amide bonds. The molecule has 96 valence electrons. The summed E-state index contributed by atoms with van der Waals surface area (Å²) in [5, 5.41) is 13.0. The average Bonchev–Trinajstić information content (AvgIpc) is 2.32. The number of benzene rings is 1. The highest BCUT2D eigenvalue weighted by Gasteiger charge is 2.01. The van der Waals surface area contributed by atoms with E-state index in [2.05, 4.69) is 28.2 Å². The number of hydrogen-bond donors (Lipinski definition) is 2. The molecule has 0 aliphatic heterocycles. The van der Waals surface area contributed by atoms with E-state index in [1.807, 2.05) is 18.2 Å². The van der Waals surface area contributed by atoms with Crippen molar-refractivity contribution in [2.24, 2.45) is 5.92 Å². The van der Waals surface area contributed by atoms with Crippen molar-refractivity contribution in [3.05, 3.63) is 33.3 Å². The van der Waals surface area contributed by atoms with Gasteiger partial charge in [-0.2, -0.15) is 0 Å². The predicted octanol–water partition coefficient (Wildman–Crippen LogP) is 3.60. The molecule has 0 saturated heterocycles. The summed E-state index contributed by atoms with van der Waals surface area (Å²) in [5.74, 6) is 0.398. The van der Waals surface area contributed by atoms with Crippen LogP contribution in [0.2, 0.25) is 5.02 Å². The lowest BCUT2D eigenvalue weighted by atomic mass is 10.1. The SMILES string of the molecule is CC(CO)CCCNCc1cc(Cl)ccc1Br. The van der Waals surface area contributed by atoms with Crippen LogP contribution in [0.1, 0.15) is 25.3 Å². The fraction of sp³-hybridized carbons (Fsp3) is 0.538. The summed E-state index contributed by atoms with van der Waals surface area (Å²) in [6.07, 6.45) is 2.14. The smallest absolute Gasteiger partial charge is 0.0456 e. The van der Waals surface area contributed by atoms with Crippen molar-refractivity contribution in [3.8, 4) is 0 Å². The summed E-state index contributed by atoms with van der Waals surface area (Å²) in [6, 6.07) is 5.81. The van der Waals surface area contributed by atoms with E-state index in [1.54, 1.807) is 0 Å². The Morgan fingerprint density at radius 1 is 1.47 bits per heavy atom. The molecule has 1 aromatic rings. The Hall–Kier alpha value is -0.0900. The van der Waals surface area contributed by atoms with Crippen molar-refractivity contribution < 1.29 is 5.11 Å². The maximum atomic E-state index is 8.89. The van der Waals surface area contributed by atoms with Crippen molar-refractivity contribution in [1.82, 2.24) is 5.32 Å². The summed E-state index contributed by atoms with van der Waals surface area (Å²) in [5.41, 5.74) is 1.17. The molecule has 2 nitrogen and oxygen atoms in total. The molecule has 0 fully saturated rings. The molecule has 1 rings (SSSR count). The molecule has 0 aliphatic carbocycles. The molecular weight excluding hydrogens is 302 g/mol. The Morgan fingerprint density at radius 2 is 2.24 bits per heavy atom. The van der Waals surface area contributed by atoms with Crippen LogP contribution in [0.3, 0.4) is 0 Å². The van der Waals surface area contributed by atoms with Crippen molar-refractivity contribution >= 4 is 27.5 Å². The van der Waals surface area contributed by atoms with E-state index >= 15 is 0 Å². The van der Waals surface area contributed by atoms with Crippen LogP contribution >= 0.6 is 27.5 Å². The van der Waals surface area contributed by atoms with Gasteiger partial charge in [-0.25, -0.2) is 0 Å². The van der Waals surface area contributed by atoms with Gasteiger partial charge in [0.05, 0.1) is 0 Å². The summed E-state index contributed by atoms with van der Waals surface area (Å²) >= 11 is 9.44. The second-order valence-corrected chi connectivity index (χ2v) is 5.63. The zero-order chi connectivity index (χ0) is 12.7. The lowest BCUT2D eigenvalue weighted by molar-refractivity contribution is 0.228. The molecule has 0 aromatic heterocycles. The van der Waals surface area contributed by atoms with Crippen LogP contribution in [0.4, 0.5) is 0 Å².